The molecule has 2 unspecified atom stereocenters. The van der Waals surface area contributed by atoms with Crippen LogP contribution in [-0.2, 0) is 16.1 Å². The van der Waals surface area contributed by atoms with Crippen molar-refractivity contribution < 1.29 is 128 Å². The van der Waals surface area contributed by atoms with Crippen molar-refractivity contribution in [2.45, 2.75) is 103 Å². The third kappa shape index (κ3) is 20.1. The number of carbonyl (C=O) groups is 8. The Morgan fingerprint density at radius 1 is 0.614 bits per heavy atom. The lowest BCUT2D eigenvalue weighted by Crippen LogP contribution is -2.44. The first kappa shape index (κ1) is 39.2. The van der Waals surface area contributed by atoms with E-state index < -0.39 is 218 Å². The molecular formula is C60H80F4N10O14. The van der Waals surface area contributed by atoms with Crippen molar-refractivity contribution in [3.8, 4) is 0 Å². The molecule has 8 aliphatic rings. The average Bonchev–Trinajstić information content (AvgIpc) is 1.45. The zero-order valence-corrected chi connectivity index (χ0v) is 45.4. The normalized spacial score (nSPS) is 37.2. The van der Waals surface area contributed by atoms with Crippen molar-refractivity contribution in [1.29, 1.82) is 0 Å². The quantitative estimate of drug-likeness (QED) is 0.0475. The number of rotatable bonds is 8. The number of carboxylic acid groups (broad SMARTS) is 6. The van der Waals surface area contributed by atoms with Crippen LogP contribution in [0.15, 0.2) is 66.8 Å². The number of likely N-dealkylation sites (tertiary alicyclic amines) is 1. The van der Waals surface area contributed by atoms with Gasteiger partial charge in [-0.2, -0.15) is 0 Å². The van der Waals surface area contributed by atoms with Crippen molar-refractivity contribution in [3.05, 3.63) is 129 Å². The van der Waals surface area contributed by atoms with E-state index >= 15 is 0 Å². The van der Waals surface area contributed by atoms with Gasteiger partial charge in [0.05, 0.1) is 37.9 Å². The van der Waals surface area contributed by atoms with Gasteiger partial charge in [-0.05, 0) is 144 Å². The summed E-state index contributed by atoms with van der Waals surface area (Å²) in [6.07, 6.45) is -10.5. The summed E-state index contributed by atoms with van der Waals surface area (Å²) in [4.78, 5) is 95.4. The van der Waals surface area contributed by atoms with Crippen LogP contribution in [0.25, 0.3) is 0 Å². The van der Waals surface area contributed by atoms with Crippen LogP contribution in [0.4, 0.5) is 17.6 Å². The zero-order valence-electron chi connectivity index (χ0n) is 75.4. The summed E-state index contributed by atoms with van der Waals surface area (Å²) in [5, 5.41) is 68.0. The largest absolute Gasteiger partial charge is 0.478 e. The Labute approximate surface area is 548 Å². The number of hydrogen-bond donors (Lipinski definition) is 13. The number of benzene rings is 2. The first-order chi connectivity index (χ1) is 53.0. The monoisotopic (exact) mass is 1270 g/mol. The van der Waals surface area contributed by atoms with Crippen LogP contribution in [0.5, 0.6) is 0 Å². The van der Waals surface area contributed by atoms with E-state index in [1.165, 1.54) is 4.90 Å². The number of pyridine rings is 2. The number of nitrogens with one attached hydrogen (secondary N) is 7. The van der Waals surface area contributed by atoms with Crippen LogP contribution in [0, 0.1) is 46.9 Å². The SMILES string of the molecule is C.CC.O=C(O)c1c(F)c(F)c(F)c(F)c1C(=O)O.O=C1C2CCCNC2C(=O)N1Cc1ccccc1.[2H]C1([2H])NC([2H])([2H])[C@H]2NCCC[C@H]21.[2H]C1([2H])N[C@]2([2H])C([2H])([2H])NC([2H])([2H])[C@]2([2H])C([2H])([2H])C1([2H])[2H].[2H]C1([2H])N[C@]2([2H])CNC[C@]2([2H])C([2H])([2H])C1([2H])[2H].[2H]c1nc(C(=O)O)c(C(=O)O)c([2H])c1[2H].[2H]c1nc(C(=O)O)c(C(=O)O)c([2H])c1[2H]. The van der Waals surface area contributed by atoms with Crippen molar-refractivity contribution in [1.82, 2.24) is 52.1 Å². The van der Waals surface area contributed by atoms with Gasteiger partial charge in [0.2, 0.25) is 11.8 Å². The van der Waals surface area contributed by atoms with Crippen molar-refractivity contribution in [2.24, 2.45) is 23.6 Å². The number of fused-ring (bicyclic) bond motifs is 4. The molecule has 13 N–H and O–H groups in total. The lowest BCUT2D eigenvalue weighted by Gasteiger charge is -2.24. The number of carboxylic acids is 6. The molecule has 12 rings (SSSR count). The molecule has 2 amide bonds. The maximum Gasteiger partial charge on any atom is 0.355 e. The second-order valence-electron chi connectivity index (χ2n) is 17.4. The standard InChI is InChI=1S/C14H16N2O2.C8H2F4O4.3C7H14N2.2C7H5NO4.C2H6.CH4/c17-13-11-7-4-8-15-12(11)14(18)16(13)9-10-5-2-1-3-6-10;9-3-1(7(13)14)2(8(15)16)4(10)6(12)5(3)11;3*1-2-6-4-8-5-7(6)9-3-1;2*9-6(10)4-2-1-3-8-5(4)7(11)12;1-2;/h1-3,5-6,11-12,15H,4,7-9H2;(H,13,14)(H,15,16);3*6-9H,1-5H2;2*1-3H,(H,9,10)(H,11,12);1-2H3;1H4/t;;3*6-,7+;;;;/m..000..../s1/i;;1D2,2D2,3D2,4D2,5D2,6D,7D;1D2,2D2,3D2,6D,7D;4D2,5D2;2*1D,2D,3D;;. The Bertz CT molecular complexity index is 4370. The van der Waals surface area contributed by atoms with E-state index in [0.29, 0.717) is 6.54 Å². The third-order valence-corrected chi connectivity index (χ3v) is 12.0. The van der Waals surface area contributed by atoms with Crippen LogP contribution < -0.4 is 37.2 Å². The fourth-order valence-corrected chi connectivity index (χ4v) is 8.09. The molecule has 0 aliphatic carbocycles. The number of halogens is 4. The van der Waals surface area contributed by atoms with Crippen molar-refractivity contribution >= 4 is 47.6 Å². The maximum atomic E-state index is 12.9. The first-order valence-corrected chi connectivity index (χ1v) is 25.5. The smallest absolute Gasteiger partial charge is 0.355 e. The molecule has 28 heteroatoms. The predicted octanol–water partition coefficient (Wildman–Crippen LogP) is 5.05. The average molecular weight is 1270 g/mol. The molecule has 482 valence electrons. The molecule has 88 heavy (non-hydrogen) atoms. The second kappa shape index (κ2) is 36.4. The number of aromatic nitrogens is 2. The molecule has 10 heterocycles. The lowest BCUT2D eigenvalue weighted by molar-refractivity contribution is -0.140. The Kier molecular flexibility index (Phi) is 16.2. The highest BCUT2D eigenvalue weighted by Gasteiger charge is 2.48. The molecule has 8 saturated heterocycles. The number of amides is 2. The van der Waals surface area contributed by atoms with Gasteiger partial charge in [-0.3, -0.25) is 14.5 Å². The molecule has 0 spiro atoms. The summed E-state index contributed by atoms with van der Waals surface area (Å²) < 4.78 is 279. The van der Waals surface area contributed by atoms with E-state index in [2.05, 4.69) is 36.6 Å². The Balaban J connectivity index is 0.000000289. The molecule has 2 aromatic carbocycles. The van der Waals surface area contributed by atoms with Gasteiger partial charge in [-0.25, -0.2) is 56.3 Å². The van der Waals surface area contributed by atoms with Crippen molar-refractivity contribution in [2.75, 3.05) is 65.2 Å². The van der Waals surface area contributed by atoms with E-state index in [9.17, 15) is 55.9 Å². The molecule has 0 saturated carbocycles. The molecule has 4 aromatic rings. The van der Waals surface area contributed by atoms with E-state index in [4.69, 9.17) is 71.8 Å². The van der Waals surface area contributed by atoms with Crippen LogP contribution >= 0.6 is 0 Å². The minimum absolute atomic E-state index is 0. The number of imide groups is 1. The molecular weight excluding hydrogens is 1160 g/mol. The minimum Gasteiger partial charge on any atom is -0.478 e. The first-order valence-electron chi connectivity index (χ1n) is 40.5. The van der Waals surface area contributed by atoms with Gasteiger partial charge in [0.1, 0.15) is 11.1 Å². The Hall–Kier alpha value is -7.86. The summed E-state index contributed by atoms with van der Waals surface area (Å²) in [6, 6.07) is 0.955. The summed E-state index contributed by atoms with van der Waals surface area (Å²) in [7, 11) is 0. The van der Waals surface area contributed by atoms with Crippen molar-refractivity contribution in [3.63, 3.8) is 0 Å². The zero-order chi connectivity index (χ0) is 90.6. The summed E-state index contributed by atoms with van der Waals surface area (Å²) in [6.45, 7) is -9.44. The van der Waals surface area contributed by atoms with Crippen LogP contribution in [0.3, 0.4) is 0 Å². The fraction of sp³-hybridized carbons (Fsp3) is 0.500. The molecule has 8 fully saturated rings. The maximum absolute atomic E-state index is 12.9. The molecule has 2 aromatic heterocycles. The van der Waals surface area contributed by atoms with Crippen LogP contribution in [0.1, 0.15) is 182 Å². The van der Waals surface area contributed by atoms with Gasteiger partial charge in [0, 0.05) is 82.9 Å². The number of nitrogens with zero attached hydrogens (tertiary/aromatic N) is 3. The number of piperidine rings is 4. The second-order valence-corrected chi connectivity index (χ2v) is 17.4. The van der Waals surface area contributed by atoms with Crippen LogP contribution in [-0.4, -0.2) is 182 Å². The number of carbonyl (C=O) groups excluding carboxylic acids is 2. The molecule has 24 nitrogen and oxygen atoms in total. The van der Waals surface area contributed by atoms with Gasteiger partial charge < -0.3 is 67.9 Å². The Morgan fingerprint density at radius 2 is 1.14 bits per heavy atom. The molecule has 8 aliphatic heterocycles. The van der Waals surface area contributed by atoms with E-state index in [-0.39, 0.29) is 56.3 Å². The summed E-state index contributed by atoms with van der Waals surface area (Å²) in [5.74, 6) is -26.1. The minimum atomic E-state index is -3.50. The number of hydrogen-bond acceptors (Lipinski definition) is 17. The summed E-state index contributed by atoms with van der Waals surface area (Å²) in [5.41, 5.74) is -6.06. The lowest BCUT2D eigenvalue weighted by atomic mass is 9.93. The van der Waals surface area contributed by atoms with Gasteiger partial charge in [0.25, 0.3) is 0 Å². The van der Waals surface area contributed by atoms with E-state index in [0.717, 1.165) is 44.3 Å². The molecule has 0 radical (unpaired) electrons. The van der Waals surface area contributed by atoms with Gasteiger partial charge in [-0.1, -0.05) is 51.6 Å². The highest BCUT2D eigenvalue weighted by Crippen LogP contribution is 2.29. The third-order valence-electron chi connectivity index (χ3n) is 12.0. The van der Waals surface area contributed by atoms with Gasteiger partial charge in [0.15, 0.2) is 34.7 Å². The van der Waals surface area contributed by atoms with Crippen LogP contribution in [0.2, 0.25) is 0 Å². The van der Waals surface area contributed by atoms with Gasteiger partial charge >= 0.3 is 35.8 Å². The molecule has 8 atom stereocenters. The topological polar surface area (TPSA) is 371 Å². The fourth-order valence-electron chi connectivity index (χ4n) is 8.09. The predicted molar refractivity (Wildman–Crippen MR) is 313 cm³/mol. The highest BCUT2D eigenvalue weighted by atomic mass is 19.2. The van der Waals surface area contributed by atoms with E-state index in [1.807, 2.05) is 44.2 Å². The highest BCUT2D eigenvalue weighted by molar-refractivity contribution is 6.07. The number of aromatic carboxylic acids is 6. The van der Waals surface area contributed by atoms with Gasteiger partial charge in [-0.15, -0.1) is 0 Å². The molecule has 0 bridgehead atoms. The Morgan fingerprint density at radius 3 is 1.66 bits per heavy atom. The van der Waals surface area contributed by atoms with E-state index in [1.54, 1.807) is 10.6 Å². The summed E-state index contributed by atoms with van der Waals surface area (Å²) >= 11 is 0.